The Balaban J connectivity index is 2.67. The summed E-state index contributed by atoms with van der Waals surface area (Å²) in [7, 11) is 1.73. The summed E-state index contributed by atoms with van der Waals surface area (Å²) in [6.07, 6.45) is -2.38. The highest BCUT2D eigenvalue weighted by molar-refractivity contribution is 5.17. The van der Waals surface area contributed by atoms with Gasteiger partial charge in [0.05, 0.1) is 0 Å². The molecule has 0 spiro atoms. The van der Waals surface area contributed by atoms with Crippen LogP contribution in [0.4, 0.5) is 17.6 Å². The summed E-state index contributed by atoms with van der Waals surface area (Å²) in [5, 5.41) is 2.88. The first kappa shape index (κ1) is 14.6. The van der Waals surface area contributed by atoms with Crippen LogP contribution in [0.25, 0.3) is 0 Å². The third-order valence-electron chi connectivity index (χ3n) is 2.14. The molecule has 0 unspecified atom stereocenters. The molecule has 0 aliphatic rings. The van der Waals surface area contributed by atoms with Gasteiger partial charge in [-0.1, -0.05) is 0 Å². The Bertz CT molecular complexity index is 401. The number of rotatable bonds is 6. The molecule has 0 aromatic carbocycles. The van der Waals surface area contributed by atoms with E-state index in [1.165, 1.54) is 6.20 Å². The SMILES string of the molecule is CNCc1cnc(OCC(F)(F)C(F)F)nc1C. The number of hydrogen-bond acceptors (Lipinski definition) is 4. The zero-order chi connectivity index (χ0) is 13.8. The first-order valence-electron chi connectivity index (χ1n) is 5.12. The summed E-state index contributed by atoms with van der Waals surface area (Å²) < 4.78 is 53.4. The maximum absolute atomic E-state index is 12.6. The van der Waals surface area contributed by atoms with Gasteiger partial charge in [0, 0.05) is 24.0 Å². The monoisotopic (exact) mass is 267 g/mol. The summed E-state index contributed by atoms with van der Waals surface area (Å²) in [5.41, 5.74) is 1.31. The molecule has 4 nitrogen and oxygen atoms in total. The van der Waals surface area contributed by atoms with Gasteiger partial charge in [-0.2, -0.15) is 8.78 Å². The van der Waals surface area contributed by atoms with Gasteiger partial charge < -0.3 is 10.1 Å². The lowest BCUT2D eigenvalue weighted by molar-refractivity contribution is -0.149. The van der Waals surface area contributed by atoms with Gasteiger partial charge in [-0.05, 0) is 14.0 Å². The molecule has 18 heavy (non-hydrogen) atoms. The van der Waals surface area contributed by atoms with Crippen molar-refractivity contribution in [3.63, 3.8) is 0 Å². The minimum Gasteiger partial charge on any atom is -0.457 e. The highest BCUT2D eigenvalue weighted by atomic mass is 19.3. The quantitative estimate of drug-likeness (QED) is 0.798. The molecule has 0 amide bonds. The molecule has 0 fully saturated rings. The zero-order valence-corrected chi connectivity index (χ0v) is 9.88. The zero-order valence-electron chi connectivity index (χ0n) is 9.88. The average molecular weight is 267 g/mol. The first-order valence-corrected chi connectivity index (χ1v) is 5.12. The van der Waals surface area contributed by atoms with E-state index < -0.39 is 19.0 Å². The van der Waals surface area contributed by atoms with Crippen LogP contribution in [0.5, 0.6) is 6.01 Å². The Hall–Kier alpha value is -1.44. The predicted octanol–water partition coefficient (Wildman–Crippen LogP) is 1.78. The predicted molar refractivity (Wildman–Crippen MR) is 56.0 cm³/mol. The maximum atomic E-state index is 12.6. The van der Waals surface area contributed by atoms with Gasteiger partial charge in [0.25, 0.3) is 0 Å². The molecule has 0 saturated carbocycles. The molecular weight excluding hydrogens is 254 g/mol. The minimum atomic E-state index is -4.21. The summed E-state index contributed by atoms with van der Waals surface area (Å²) >= 11 is 0. The van der Waals surface area contributed by atoms with E-state index in [1.54, 1.807) is 14.0 Å². The van der Waals surface area contributed by atoms with E-state index in [0.29, 0.717) is 12.2 Å². The van der Waals surface area contributed by atoms with Crippen LogP contribution in [0, 0.1) is 6.92 Å². The molecule has 1 heterocycles. The van der Waals surface area contributed by atoms with Crippen molar-refractivity contribution in [2.45, 2.75) is 25.8 Å². The number of aryl methyl sites for hydroxylation is 1. The maximum Gasteiger partial charge on any atom is 0.340 e. The topological polar surface area (TPSA) is 47.0 Å². The van der Waals surface area contributed by atoms with Crippen LogP contribution in [-0.4, -0.2) is 36.0 Å². The highest BCUT2D eigenvalue weighted by Crippen LogP contribution is 2.23. The Labute approximate surface area is 101 Å². The number of hydrogen-bond donors (Lipinski definition) is 1. The lowest BCUT2D eigenvalue weighted by Gasteiger charge is -2.15. The molecule has 1 N–H and O–H groups in total. The number of aromatic nitrogens is 2. The van der Waals surface area contributed by atoms with Crippen molar-refractivity contribution in [3.05, 3.63) is 17.5 Å². The fourth-order valence-electron chi connectivity index (χ4n) is 1.13. The third-order valence-corrected chi connectivity index (χ3v) is 2.14. The van der Waals surface area contributed by atoms with E-state index in [2.05, 4.69) is 20.0 Å². The van der Waals surface area contributed by atoms with Crippen LogP contribution in [-0.2, 0) is 6.54 Å². The fraction of sp³-hybridized carbons (Fsp3) is 0.600. The van der Waals surface area contributed by atoms with Crippen molar-refractivity contribution < 1.29 is 22.3 Å². The van der Waals surface area contributed by atoms with Crippen molar-refractivity contribution in [1.29, 1.82) is 0 Å². The first-order chi connectivity index (χ1) is 8.36. The van der Waals surface area contributed by atoms with Crippen molar-refractivity contribution >= 4 is 0 Å². The van der Waals surface area contributed by atoms with Gasteiger partial charge in [0.15, 0.2) is 6.61 Å². The van der Waals surface area contributed by atoms with E-state index in [-0.39, 0.29) is 6.01 Å². The van der Waals surface area contributed by atoms with Crippen LogP contribution >= 0.6 is 0 Å². The van der Waals surface area contributed by atoms with Crippen molar-refractivity contribution in [2.24, 2.45) is 0 Å². The normalized spacial score (nSPS) is 11.9. The van der Waals surface area contributed by atoms with Gasteiger partial charge in [0.2, 0.25) is 0 Å². The Morgan fingerprint density at radius 2 is 2.11 bits per heavy atom. The summed E-state index contributed by atoms with van der Waals surface area (Å²) in [4.78, 5) is 7.47. The summed E-state index contributed by atoms with van der Waals surface area (Å²) in [6, 6.07) is -0.340. The largest absolute Gasteiger partial charge is 0.457 e. The standard InChI is InChI=1S/C10H13F4N3O/c1-6-7(3-15-2)4-16-9(17-6)18-5-10(13,14)8(11)12/h4,8,15H,3,5H2,1-2H3. The van der Waals surface area contributed by atoms with Crippen LogP contribution in [0.1, 0.15) is 11.3 Å². The molecule has 1 aromatic heterocycles. The second-order valence-corrected chi connectivity index (χ2v) is 3.64. The number of halogens is 4. The second kappa shape index (κ2) is 5.94. The van der Waals surface area contributed by atoms with Gasteiger partial charge in [0.1, 0.15) is 0 Å². The van der Waals surface area contributed by atoms with Crippen molar-refractivity contribution in [1.82, 2.24) is 15.3 Å². The van der Waals surface area contributed by atoms with Crippen LogP contribution in [0.2, 0.25) is 0 Å². The molecule has 0 aliphatic heterocycles. The lowest BCUT2D eigenvalue weighted by Crippen LogP contribution is -2.34. The van der Waals surface area contributed by atoms with Gasteiger partial charge in [-0.3, -0.25) is 0 Å². The second-order valence-electron chi connectivity index (χ2n) is 3.64. The molecular formula is C10H13F4N3O. The van der Waals surface area contributed by atoms with Crippen molar-refractivity contribution in [3.8, 4) is 6.01 Å². The van der Waals surface area contributed by atoms with E-state index in [9.17, 15) is 17.6 Å². The van der Waals surface area contributed by atoms with E-state index in [0.717, 1.165) is 5.56 Å². The van der Waals surface area contributed by atoms with Gasteiger partial charge in [-0.25, -0.2) is 18.7 Å². The molecule has 0 bridgehead atoms. The Morgan fingerprint density at radius 1 is 1.44 bits per heavy atom. The van der Waals surface area contributed by atoms with Crippen molar-refractivity contribution in [2.75, 3.05) is 13.7 Å². The molecule has 0 radical (unpaired) electrons. The Morgan fingerprint density at radius 3 is 2.61 bits per heavy atom. The van der Waals surface area contributed by atoms with E-state index >= 15 is 0 Å². The molecule has 1 aromatic rings. The molecule has 0 saturated heterocycles. The van der Waals surface area contributed by atoms with Crippen LogP contribution in [0.15, 0.2) is 6.20 Å². The Kier molecular flexibility index (Phi) is 4.83. The molecule has 0 atom stereocenters. The van der Waals surface area contributed by atoms with E-state index in [4.69, 9.17) is 0 Å². The number of nitrogens with zero attached hydrogens (tertiary/aromatic N) is 2. The summed E-state index contributed by atoms with van der Waals surface area (Å²) in [5.74, 6) is -4.21. The van der Waals surface area contributed by atoms with Gasteiger partial charge >= 0.3 is 18.4 Å². The van der Waals surface area contributed by atoms with Crippen LogP contribution in [0.3, 0.4) is 0 Å². The van der Waals surface area contributed by atoms with Crippen LogP contribution < -0.4 is 10.1 Å². The number of nitrogens with one attached hydrogen (secondary N) is 1. The smallest absolute Gasteiger partial charge is 0.340 e. The minimum absolute atomic E-state index is 0.340. The van der Waals surface area contributed by atoms with Gasteiger partial charge in [-0.15, -0.1) is 0 Å². The lowest BCUT2D eigenvalue weighted by atomic mass is 10.2. The molecule has 102 valence electrons. The third kappa shape index (κ3) is 3.80. The molecule has 0 aliphatic carbocycles. The number of ether oxygens (including phenoxy) is 1. The van der Waals surface area contributed by atoms with E-state index in [1.807, 2.05) is 0 Å². The number of alkyl halides is 4. The highest BCUT2D eigenvalue weighted by Gasteiger charge is 2.42. The molecule has 1 rings (SSSR count). The average Bonchev–Trinajstić information content (AvgIpc) is 2.30. The fourth-order valence-corrected chi connectivity index (χ4v) is 1.13. The molecule has 8 heteroatoms. The summed E-state index contributed by atoms with van der Waals surface area (Å²) in [6.45, 7) is 0.710.